The van der Waals surface area contributed by atoms with Crippen LogP contribution >= 0.6 is 22.9 Å². The molecule has 0 radical (unpaired) electrons. The molecule has 0 saturated carbocycles. The fourth-order valence-corrected chi connectivity index (χ4v) is 4.08. The van der Waals surface area contributed by atoms with Crippen LogP contribution < -0.4 is 9.47 Å². The van der Waals surface area contributed by atoms with Crippen molar-refractivity contribution in [2.24, 2.45) is 0 Å². The molecule has 138 valence electrons. The largest absolute Gasteiger partial charge is 0.494 e. The lowest BCUT2D eigenvalue weighted by Crippen LogP contribution is -1.95. The summed E-state index contributed by atoms with van der Waals surface area (Å²) in [4.78, 5) is 13.3. The molecule has 0 unspecified atom stereocenters. The normalized spacial score (nSPS) is 11.3. The minimum Gasteiger partial charge on any atom is -0.494 e. The van der Waals surface area contributed by atoms with Gasteiger partial charge in [0.25, 0.3) is 0 Å². The van der Waals surface area contributed by atoms with Crippen LogP contribution in [0.25, 0.3) is 31.8 Å². The smallest absolute Gasteiger partial charge is 0.232 e. The molecule has 6 nitrogen and oxygen atoms in total. The second kappa shape index (κ2) is 6.88. The van der Waals surface area contributed by atoms with Crippen molar-refractivity contribution in [3.63, 3.8) is 0 Å². The zero-order valence-corrected chi connectivity index (χ0v) is 15.9. The molecule has 0 spiro atoms. The van der Waals surface area contributed by atoms with Crippen LogP contribution in [0.15, 0.2) is 24.4 Å². The first-order chi connectivity index (χ1) is 13.0. The van der Waals surface area contributed by atoms with E-state index in [1.54, 1.807) is 18.2 Å². The van der Waals surface area contributed by atoms with Crippen molar-refractivity contribution in [1.82, 2.24) is 15.0 Å². The Hall–Kier alpha value is -2.55. The van der Waals surface area contributed by atoms with Gasteiger partial charge in [0.2, 0.25) is 5.88 Å². The number of halogens is 2. The molecule has 0 saturated heterocycles. The highest BCUT2D eigenvalue weighted by Crippen LogP contribution is 2.40. The van der Waals surface area contributed by atoms with Crippen LogP contribution in [0.1, 0.15) is 5.56 Å². The SMILES string of the molecule is COc1cnc2c(-c3nc4c(Cl)c(F)c(OC)cc4s3)cc(CO)cc2n1. The molecule has 0 aliphatic rings. The summed E-state index contributed by atoms with van der Waals surface area (Å²) >= 11 is 7.46. The van der Waals surface area contributed by atoms with E-state index < -0.39 is 5.82 Å². The first-order valence-corrected chi connectivity index (χ1v) is 9.02. The summed E-state index contributed by atoms with van der Waals surface area (Å²) in [5.74, 6) is -0.231. The van der Waals surface area contributed by atoms with Crippen molar-refractivity contribution in [3.05, 3.63) is 40.8 Å². The number of aromatic nitrogens is 3. The van der Waals surface area contributed by atoms with E-state index >= 15 is 0 Å². The highest BCUT2D eigenvalue weighted by atomic mass is 35.5. The molecule has 9 heteroatoms. The summed E-state index contributed by atoms with van der Waals surface area (Å²) in [5, 5.41) is 10.1. The Kier molecular flexibility index (Phi) is 4.55. The fourth-order valence-electron chi connectivity index (χ4n) is 2.76. The Bertz CT molecular complexity index is 1180. The van der Waals surface area contributed by atoms with Crippen molar-refractivity contribution in [3.8, 4) is 22.2 Å². The molecule has 27 heavy (non-hydrogen) atoms. The van der Waals surface area contributed by atoms with Crippen LogP contribution in [0.2, 0.25) is 5.02 Å². The number of hydrogen-bond acceptors (Lipinski definition) is 7. The molecular weight excluding hydrogens is 393 g/mol. The molecule has 4 rings (SSSR count). The van der Waals surface area contributed by atoms with Crippen molar-refractivity contribution in [2.75, 3.05) is 14.2 Å². The lowest BCUT2D eigenvalue weighted by Gasteiger charge is -2.07. The number of methoxy groups -OCH3 is 2. The van der Waals surface area contributed by atoms with Gasteiger partial charge in [0.15, 0.2) is 11.6 Å². The fraction of sp³-hybridized carbons (Fsp3) is 0.167. The predicted molar refractivity (Wildman–Crippen MR) is 102 cm³/mol. The number of rotatable bonds is 4. The Labute approximate surface area is 162 Å². The lowest BCUT2D eigenvalue weighted by molar-refractivity contribution is 0.282. The Morgan fingerprint density at radius 3 is 2.67 bits per heavy atom. The molecule has 0 bridgehead atoms. The number of aliphatic hydroxyl groups is 1. The summed E-state index contributed by atoms with van der Waals surface area (Å²) in [6.07, 6.45) is 1.51. The zero-order valence-electron chi connectivity index (χ0n) is 14.3. The van der Waals surface area contributed by atoms with E-state index in [2.05, 4.69) is 15.0 Å². The van der Waals surface area contributed by atoms with E-state index in [4.69, 9.17) is 21.1 Å². The number of ether oxygens (including phenoxy) is 2. The average Bonchev–Trinajstić information content (AvgIpc) is 3.13. The van der Waals surface area contributed by atoms with Crippen LogP contribution in [-0.2, 0) is 6.61 Å². The average molecular weight is 406 g/mol. The number of nitrogens with zero attached hydrogens (tertiary/aromatic N) is 3. The van der Waals surface area contributed by atoms with Crippen molar-refractivity contribution >= 4 is 44.2 Å². The Morgan fingerprint density at radius 2 is 1.96 bits per heavy atom. The minimum absolute atomic E-state index is 0.0567. The second-order valence-electron chi connectivity index (χ2n) is 5.65. The van der Waals surface area contributed by atoms with Crippen LogP contribution in [-0.4, -0.2) is 34.3 Å². The topological polar surface area (TPSA) is 77.4 Å². The van der Waals surface area contributed by atoms with E-state index in [9.17, 15) is 9.50 Å². The Morgan fingerprint density at radius 1 is 1.15 bits per heavy atom. The quantitative estimate of drug-likeness (QED) is 0.548. The molecular formula is C18H13ClFN3O3S. The number of hydrogen-bond donors (Lipinski definition) is 1. The van der Waals surface area contributed by atoms with Gasteiger partial charge in [0, 0.05) is 11.6 Å². The molecule has 4 aromatic rings. The maximum atomic E-state index is 14.2. The molecule has 0 aliphatic heterocycles. The van der Waals surface area contributed by atoms with E-state index in [0.29, 0.717) is 43.3 Å². The number of thiazole rings is 1. The molecule has 0 fully saturated rings. The molecule has 0 amide bonds. The van der Waals surface area contributed by atoms with Gasteiger partial charge in [-0.05, 0) is 17.7 Å². The molecule has 1 N–H and O–H groups in total. The second-order valence-corrected chi connectivity index (χ2v) is 7.06. The third-order valence-corrected chi connectivity index (χ3v) is 5.44. The van der Waals surface area contributed by atoms with E-state index in [-0.39, 0.29) is 17.4 Å². The van der Waals surface area contributed by atoms with Gasteiger partial charge >= 0.3 is 0 Å². The van der Waals surface area contributed by atoms with Gasteiger partial charge in [0.05, 0.1) is 42.8 Å². The molecule has 2 aromatic carbocycles. The minimum atomic E-state index is -0.651. The van der Waals surface area contributed by atoms with Crippen molar-refractivity contribution in [2.45, 2.75) is 6.61 Å². The summed E-state index contributed by atoms with van der Waals surface area (Å²) in [6, 6.07) is 5.07. The number of benzene rings is 2. The standard InChI is InChI=1S/C18H13ClFN3O3S/c1-25-11-5-12-17(14(19)15(11)20)23-18(27-12)9-3-8(7-24)4-10-16(9)21-6-13(22-10)26-2/h3-6,24H,7H2,1-2H3. The summed E-state index contributed by atoms with van der Waals surface area (Å²) in [6.45, 7) is -0.171. The number of aliphatic hydroxyl groups excluding tert-OH is 1. The van der Waals surface area contributed by atoms with Gasteiger partial charge in [0.1, 0.15) is 15.5 Å². The lowest BCUT2D eigenvalue weighted by atomic mass is 10.1. The first kappa shape index (κ1) is 17.8. The van der Waals surface area contributed by atoms with Crippen LogP contribution in [0.5, 0.6) is 11.6 Å². The predicted octanol–water partition coefficient (Wildman–Crippen LogP) is 4.21. The van der Waals surface area contributed by atoms with Crippen molar-refractivity contribution in [1.29, 1.82) is 0 Å². The molecule has 0 aliphatic carbocycles. The van der Waals surface area contributed by atoms with Crippen LogP contribution in [0.4, 0.5) is 4.39 Å². The monoisotopic (exact) mass is 405 g/mol. The van der Waals surface area contributed by atoms with E-state index in [0.717, 1.165) is 0 Å². The van der Waals surface area contributed by atoms with Crippen molar-refractivity contribution < 1.29 is 19.0 Å². The maximum Gasteiger partial charge on any atom is 0.232 e. The van der Waals surface area contributed by atoms with E-state index in [1.807, 2.05) is 0 Å². The van der Waals surface area contributed by atoms with Gasteiger partial charge in [-0.15, -0.1) is 11.3 Å². The van der Waals surface area contributed by atoms with Gasteiger partial charge in [-0.2, -0.15) is 0 Å². The Balaban J connectivity index is 2.00. The first-order valence-electron chi connectivity index (χ1n) is 7.83. The summed E-state index contributed by atoms with van der Waals surface area (Å²) in [7, 11) is 2.88. The zero-order chi connectivity index (χ0) is 19.1. The summed E-state index contributed by atoms with van der Waals surface area (Å²) in [5.41, 5.74) is 2.82. The molecule has 2 aromatic heterocycles. The highest BCUT2D eigenvalue weighted by molar-refractivity contribution is 7.21. The molecule has 0 atom stereocenters. The maximum absolute atomic E-state index is 14.2. The van der Waals surface area contributed by atoms with Gasteiger partial charge in [-0.1, -0.05) is 11.6 Å². The number of fused-ring (bicyclic) bond motifs is 2. The highest BCUT2D eigenvalue weighted by Gasteiger charge is 2.19. The van der Waals surface area contributed by atoms with Crippen LogP contribution in [0, 0.1) is 5.82 Å². The third-order valence-electron chi connectivity index (χ3n) is 4.06. The van der Waals surface area contributed by atoms with E-state index in [1.165, 1.54) is 31.8 Å². The van der Waals surface area contributed by atoms with Gasteiger partial charge in [-0.25, -0.2) is 19.3 Å². The third kappa shape index (κ3) is 2.95. The summed E-state index contributed by atoms with van der Waals surface area (Å²) < 4.78 is 25.1. The van der Waals surface area contributed by atoms with Gasteiger partial charge in [-0.3, -0.25) is 0 Å². The molecule has 2 heterocycles. The van der Waals surface area contributed by atoms with Gasteiger partial charge < -0.3 is 14.6 Å². The van der Waals surface area contributed by atoms with Crippen LogP contribution in [0.3, 0.4) is 0 Å².